The molecule has 31 heavy (non-hydrogen) atoms. The zero-order valence-electron chi connectivity index (χ0n) is 19.7. The molecule has 0 fully saturated rings. The molecule has 0 atom stereocenters. The molecule has 0 aliphatic heterocycles. The number of hydrogen-bond acceptors (Lipinski definition) is 4. The van der Waals surface area contributed by atoms with E-state index in [0.29, 0.717) is 26.2 Å². The second kappa shape index (κ2) is 12.0. The summed E-state index contributed by atoms with van der Waals surface area (Å²) in [6.45, 7) is 13.6. The van der Waals surface area contributed by atoms with E-state index in [1.165, 1.54) is 11.1 Å². The van der Waals surface area contributed by atoms with Crippen molar-refractivity contribution in [3.8, 4) is 0 Å². The van der Waals surface area contributed by atoms with E-state index in [-0.39, 0.29) is 11.1 Å². The van der Waals surface area contributed by atoms with Crippen LogP contribution < -0.4 is 5.32 Å². The van der Waals surface area contributed by atoms with Crippen LogP contribution in [-0.4, -0.2) is 55.5 Å². The highest BCUT2D eigenvalue weighted by Crippen LogP contribution is 2.36. The van der Waals surface area contributed by atoms with Crippen molar-refractivity contribution in [3.05, 3.63) is 60.2 Å². The van der Waals surface area contributed by atoms with Crippen LogP contribution in [0, 0.1) is 0 Å². The van der Waals surface area contributed by atoms with Gasteiger partial charge in [0.1, 0.15) is 0 Å². The van der Waals surface area contributed by atoms with Gasteiger partial charge in [-0.1, -0.05) is 20.8 Å². The van der Waals surface area contributed by atoms with Gasteiger partial charge in [-0.3, -0.25) is 9.97 Å². The van der Waals surface area contributed by atoms with E-state index in [4.69, 9.17) is 4.43 Å². The van der Waals surface area contributed by atoms with Crippen LogP contribution >= 0.6 is 0 Å². The zero-order valence-corrected chi connectivity index (χ0v) is 20.7. The Morgan fingerprint density at radius 1 is 0.968 bits per heavy atom. The number of aromatic nitrogens is 2. The van der Waals surface area contributed by atoms with Gasteiger partial charge in [0.05, 0.1) is 6.61 Å². The Morgan fingerprint density at radius 2 is 1.52 bits per heavy atom. The summed E-state index contributed by atoms with van der Waals surface area (Å²) in [4.78, 5) is 22.9. The maximum atomic E-state index is 12.9. The number of hydrogen-bond donors (Lipinski definition) is 1. The quantitative estimate of drug-likeness (QED) is 0.405. The summed E-state index contributed by atoms with van der Waals surface area (Å²) in [7, 11) is -1.83. The third kappa shape index (κ3) is 8.79. The number of carbonyl (C=O) groups excluding carboxylic acids is 1. The largest absolute Gasteiger partial charge is 0.415 e. The van der Waals surface area contributed by atoms with Gasteiger partial charge in [0.2, 0.25) is 0 Å². The topological polar surface area (TPSA) is 67.3 Å². The van der Waals surface area contributed by atoms with Gasteiger partial charge in [-0.05, 0) is 72.8 Å². The van der Waals surface area contributed by atoms with Gasteiger partial charge in [0.25, 0.3) is 0 Å². The summed E-state index contributed by atoms with van der Waals surface area (Å²) >= 11 is 0. The third-order valence-electron chi connectivity index (χ3n) is 6.01. The van der Waals surface area contributed by atoms with E-state index in [0.717, 1.165) is 19.3 Å². The van der Waals surface area contributed by atoms with Crippen LogP contribution in [0.1, 0.15) is 38.3 Å². The lowest BCUT2D eigenvalue weighted by atomic mass is 10.1. The van der Waals surface area contributed by atoms with Crippen LogP contribution in [0.3, 0.4) is 0 Å². The molecule has 0 aromatic carbocycles. The van der Waals surface area contributed by atoms with E-state index in [2.05, 4.69) is 49.1 Å². The van der Waals surface area contributed by atoms with Gasteiger partial charge >= 0.3 is 6.03 Å². The fraction of sp³-hybridized carbons (Fsp3) is 0.542. The van der Waals surface area contributed by atoms with Crippen molar-refractivity contribution in [2.24, 2.45) is 0 Å². The fourth-order valence-electron chi connectivity index (χ4n) is 2.90. The number of rotatable bonds is 11. The number of aryl methyl sites for hydroxylation is 1. The number of pyridine rings is 2. The second-order valence-electron chi connectivity index (χ2n) is 9.39. The van der Waals surface area contributed by atoms with Crippen LogP contribution in [0.4, 0.5) is 4.79 Å². The molecule has 0 aliphatic rings. The van der Waals surface area contributed by atoms with Crippen LogP contribution in [0.5, 0.6) is 0 Å². The standard InChI is InChI=1S/C24H38N4O2Si/c1-24(2,3)31(4,5)30-20-19-28(18-12-22-10-16-26-17-11-22)23(29)27-13-6-7-21-8-14-25-15-9-21/h8-11,14-17H,6-7,12-13,18-20H2,1-5H3,(H,27,29). The first-order valence-corrected chi connectivity index (χ1v) is 14.0. The summed E-state index contributed by atoms with van der Waals surface area (Å²) in [6, 6.07) is 8.00. The molecule has 0 aliphatic carbocycles. The molecule has 170 valence electrons. The third-order valence-corrected chi connectivity index (χ3v) is 10.5. The fourth-order valence-corrected chi connectivity index (χ4v) is 3.94. The maximum Gasteiger partial charge on any atom is 0.317 e. The van der Waals surface area contributed by atoms with Crippen molar-refractivity contribution in [1.82, 2.24) is 20.2 Å². The number of amides is 2. The van der Waals surface area contributed by atoms with Gasteiger partial charge in [-0.15, -0.1) is 0 Å². The molecule has 0 saturated heterocycles. The minimum absolute atomic E-state index is 0.0254. The molecule has 2 rings (SSSR count). The summed E-state index contributed by atoms with van der Waals surface area (Å²) in [5, 5.41) is 3.24. The lowest BCUT2D eigenvalue weighted by Crippen LogP contribution is -2.46. The summed E-state index contributed by atoms with van der Waals surface area (Å²) in [6.07, 6.45) is 9.81. The lowest BCUT2D eigenvalue weighted by molar-refractivity contribution is 0.179. The Bertz CT molecular complexity index is 779. The average molecular weight is 443 g/mol. The molecule has 1 N–H and O–H groups in total. The molecule has 2 amide bonds. The van der Waals surface area contributed by atoms with Gasteiger partial charge in [-0.25, -0.2) is 4.79 Å². The summed E-state index contributed by atoms with van der Waals surface area (Å²) < 4.78 is 6.31. The molecule has 0 spiro atoms. The first kappa shape index (κ1) is 25.0. The van der Waals surface area contributed by atoms with E-state index in [9.17, 15) is 4.79 Å². The summed E-state index contributed by atoms with van der Waals surface area (Å²) in [5.41, 5.74) is 2.41. The minimum atomic E-state index is -1.83. The summed E-state index contributed by atoms with van der Waals surface area (Å²) in [5.74, 6) is 0. The van der Waals surface area contributed by atoms with Crippen molar-refractivity contribution >= 4 is 14.3 Å². The molecule has 0 saturated carbocycles. The number of carbonyl (C=O) groups is 1. The lowest BCUT2D eigenvalue weighted by Gasteiger charge is -2.36. The number of nitrogens with one attached hydrogen (secondary N) is 1. The van der Waals surface area contributed by atoms with Crippen LogP contribution in [-0.2, 0) is 17.3 Å². The molecule has 0 radical (unpaired) electrons. The van der Waals surface area contributed by atoms with E-state index < -0.39 is 8.32 Å². The molecule has 2 aromatic heterocycles. The monoisotopic (exact) mass is 442 g/mol. The second-order valence-corrected chi connectivity index (χ2v) is 14.2. The van der Waals surface area contributed by atoms with E-state index in [1.807, 2.05) is 29.2 Å². The highest BCUT2D eigenvalue weighted by atomic mass is 28.4. The number of urea groups is 1. The van der Waals surface area contributed by atoms with E-state index >= 15 is 0 Å². The normalized spacial score (nSPS) is 11.9. The van der Waals surface area contributed by atoms with Crippen molar-refractivity contribution in [3.63, 3.8) is 0 Å². The number of nitrogens with zero attached hydrogens (tertiary/aromatic N) is 3. The Labute approximate surface area is 188 Å². The van der Waals surface area contributed by atoms with Crippen molar-refractivity contribution in [1.29, 1.82) is 0 Å². The Morgan fingerprint density at radius 3 is 2.06 bits per heavy atom. The van der Waals surface area contributed by atoms with Crippen molar-refractivity contribution in [2.75, 3.05) is 26.2 Å². The predicted octanol–water partition coefficient (Wildman–Crippen LogP) is 4.69. The van der Waals surface area contributed by atoms with Gasteiger partial charge < -0.3 is 14.6 Å². The molecule has 6 nitrogen and oxygen atoms in total. The first-order valence-electron chi connectivity index (χ1n) is 11.1. The highest BCUT2D eigenvalue weighted by molar-refractivity contribution is 6.74. The maximum absolute atomic E-state index is 12.9. The molecule has 7 heteroatoms. The first-order chi connectivity index (χ1) is 14.7. The molecule has 0 bridgehead atoms. The van der Waals surface area contributed by atoms with Crippen LogP contribution in [0.25, 0.3) is 0 Å². The van der Waals surface area contributed by atoms with Gasteiger partial charge in [0.15, 0.2) is 8.32 Å². The predicted molar refractivity (Wildman–Crippen MR) is 129 cm³/mol. The molecule has 2 heterocycles. The Kier molecular flexibility index (Phi) is 9.65. The van der Waals surface area contributed by atoms with Crippen LogP contribution in [0.2, 0.25) is 18.1 Å². The molecular formula is C24H38N4O2Si. The van der Waals surface area contributed by atoms with Gasteiger partial charge in [0, 0.05) is 44.4 Å². The molecule has 0 unspecified atom stereocenters. The van der Waals surface area contributed by atoms with Crippen molar-refractivity contribution in [2.45, 2.75) is 58.2 Å². The van der Waals surface area contributed by atoms with E-state index in [1.54, 1.807) is 24.8 Å². The van der Waals surface area contributed by atoms with Crippen molar-refractivity contribution < 1.29 is 9.22 Å². The Hall–Kier alpha value is -2.25. The SMILES string of the molecule is CC(C)(C)[Si](C)(C)OCCN(CCc1ccncc1)C(=O)NCCCc1ccncc1. The van der Waals surface area contributed by atoms with Crippen LogP contribution in [0.15, 0.2) is 49.1 Å². The highest BCUT2D eigenvalue weighted by Gasteiger charge is 2.37. The smallest absolute Gasteiger partial charge is 0.317 e. The van der Waals surface area contributed by atoms with Gasteiger partial charge in [-0.2, -0.15) is 0 Å². The molecular weight excluding hydrogens is 404 g/mol. The zero-order chi connectivity index (χ0) is 22.7. The minimum Gasteiger partial charge on any atom is -0.415 e. The average Bonchev–Trinajstić information content (AvgIpc) is 2.74. The Balaban J connectivity index is 1.86. The molecule has 2 aromatic rings.